The van der Waals surface area contributed by atoms with Crippen molar-refractivity contribution in [2.45, 2.75) is 12.5 Å². The van der Waals surface area contributed by atoms with Gasteiger partial charge < -0.3 is 0 Å². The van der Waals surface area contributed by atoms with Gasteiger partial charge in [-0.2, -0.15) is 5.10 Å². The number of hydrogen-bond donors (Lipinski definition) is 0. The van der Waals surface area contributed by atoms with Gasteiger partial charge in [-0.15, -0.1) is 0 Å². The molecule has 0 aromatic heterocycles. The van der Waals surface area contributed by atoms with E-state index in [1.54, 1.807) is 0 Å². The normalized spacial score (nSPS) is 18.8. The van der Waals surface area contributed by atoms with E-state index in [1.807, 2.05) is 13.1 Å². The molecule has 0 N–H and O–H groups in total. The molecule has 1 aliphatic rings. The smallest absolute Gasteiger partial charge is 0.0773 e. The zero-order valence-corrected chi connectivity index (χ0v) is 10.5. The first-order valence-electron chi connectivity index (χ1n) is 6.25. The second kappa shape index (κ2) is 4.65. The second-order valence-electron chi connectivity index (χ2n) is 4.62. The Hall–Kier alpha value is -2.09. The summed E-state index contributed by atoms with van der Waals surface area (Å²) < 4.78 is 0. The fourth-order valence-corrected chi connectivity index (χ4v) is 2.43. The molecule has 0 saturated heterocycles. The van der Waals surface area contributed by atoms with Gasteiger partial charge >= 0.3 is 0 Å². The molecular weight excluding hydrogens is 220 g/mol. The number of hydrogen-bond acceptors (Lipinski definition) is 2. The average Bonchev–Trinajstić information content (AvgIpc) is 2.83. The highest BCUT2D eigenvalue weighted by Gasteiger charge is 2.25. The van der Waals surface area contributed by atoms with Crippen LogP contribution in [-0.2, 0) is 0 Å². The van der Waals surface area contributed by atoms with Gasteiger partial charge in [0.25, 0.3) is 0 Å². The zero-order chi connectivity index (χ0) is 12.4. The highest BCUT2D eigenvalue weighted by molar-refractivity contribution is 6.01. The minimum Gasteiger partial charge on any atom is -0.292 e. The predicted molar refractivity (Wildman–Crippen MR) is 74.5 cm³/mol. The minimum atomic E-state index is 0.362. The quantitative estimate of drug-likeness (QED) is 0.779. The van der Waals surface area contributed by atoms with Crippen LogP contribution < -0.4 is 0 Å². The number of rotatable bonds is 2. The van der Waals surface area contributed by atoms with Gasteiger partial charge in [0.15, 0.2) is 0 Å². The molecule has 18 heavy (non-hydrogen) atoms. The molecule has 0 saturated carbocycles. The molecular formula is C16H16N2. The summed E-state index contributed by atoms with van der Waals surface area (Å²) in [5.41, 5.74) is 3.73. The molecule has 1 aliphatic heterocycles. The van der Waals surface area contributed by atoms with Crippen molar-refractivity contribution in [3.8, 4) is 0 Å². The van der Waals surface area contributed by atoms with Crippen molar-refractivity contribution in [3.63, 3.8) is 0 Å². The first kappa shape index (κ1) is 11.0. The Morgan fingerprint density at radius 3 is 2.22 bits per heavy atom. The maximum absolute atomic E-state index is 4.67. The average molecular weight is 236 g/mol. The van der Waals surface area contributed by atoms with Crippen LogP contribution in [0.1, 0.15) is 23.6 Å². The van der Waals surface area contributed by atoms with E-state index in [0.29, 0.717) is 6.04 Å². The number of nitrogens with zero attached hydrogens (tertiary/aromatic N) is 2. The van der Waals surface area contributed by atoms with Crippen molar-refractivity contribution in [1.29, 1.82) is 0 Å². The van der Waals surface area contributed by atoms with E-state index < -0.39 is 0 Å². The molecule has 0 fully saturated rings. The molecule has 0 spiro atoms. The van der Waals surface area contributed by atoms with Crippen LogP contribution in [0.5, 0.6) is 0 Å². The third-order valence-electron chi connectivity index (χ3n) is 3.41. The maximum atomic E-state index is 4.67. The maximum Gasteiger partial charge on any atom is 0.0773 e. The standard InChI is InChI=1S/C16H16N2/c1-18-16(14-10-6-3-7-11-14)12-15(17-18)13-8-4-2-5-9-13/h2-11,16H,12H2,1H3. The van der Waals surface area contributed by atoms with E-state index in [2.05, 4.69) is 64.7 Å². The lowest BCUT2D eigenvalue weighted by molar-refractivity contribution is 0.290. The summed E-state index contributed by atoms with van der Waals surface area (Å²) in [7, 11) is 2.05. The van der Waals surface area contributed by atoms with E-state index in [4.69, 9.17) is 0 Å². The molecule has 2 aromatic rings. The summed E-state index contributed by atoms with van der Waals surface area (Å²) in [6, 6.07) is 21.3. The Morgan fingerprint density at radius 2 is 1.56 bits per heavy atom. The first-order chi connectivity index (χ1) is 8.84. The third-order valence-corrected chi connectivity index (χ3v) is 3.41. The van der Waals surface area contributed by atoms with E-state index in [1.165, 1.54) is 16.8 Å². The molecule has 3 rings (SSSR count). The Bertz CT molecular complexity index is 546. The van der Waals surface area contributed by atoms with Crippen LogP contribution in [0.2, 0.25) is 0 Å². The summed E-state index contributed by atoms with van der Waals surface area (Å²) in [5.74, 6) is 0. The van der Waals surface area contributed by atoms with Gasteiger partial charge in [-0.25, -0.2) is 0 Å². The van der Waals surface area contributed by atoms with Crippen LogP contribution >= 0.6 is 0 Å². The summed E-state index contributed by atoms with van der Waals surface area (Å²) in [5, 5.41) is 6.73. The fraction of sp³-hybridized carbons (Fsp3) is 0.188. The van der Waals surface area contributed by atoms with E-state index >= 15 is 0 Å². The zero-order valence-electron chi connectivity index (χ0n) is 10.5. The summed E-state index contributed by atoms with van der Waals surface area (Å²) >= 11 is 0. The van der Waals surface area contributed by atoms with Gasteiger partial charge in [0.1, 0.15) is 0 Å². The van der Waals surface area contributed by atoms with Crippen molar-refractivity contribution < 1.29 is 0 Å². The Labute approximate surface area is 108 Å². The Kier molecular flexibility index (Phi) is 2.85. The molecule has 1 unspecified atom stereocenters. The molecule has 0 radical (unpaired) electrons. The predicted octanol–water partition coefficient (Wildman–Crippen LogP) is 3.47. The van der Waals surface area contributed by atoms with E-state index in [9.17, 15) is 0 Å². The van der Waals surface area contributed by atoms with Gasteiger partial charge in [-0.3, -0.25) is 5.01 Å². The van der Waals surface area contributed by atoms with Crippen LogP contribution in [0.25, 0.3) is 0 Å². The fourth-order valence-electron chi connectivity index (χ4n) is 2.43. The van der Waals surface area contributed by atoms with Gasteiger partial charge in [0.05, 0.1) is 11.8 Å². The SMILES string of the molecule is CN1N=C(c2ccccc2)CC1c1ccccc1. The molecule has 2 heteroatoms. The van der Waals surface area contributed by atoms with Crippen molar-refractivity contribution in [1.82, 2.24) is 5.01 Å². The molecule has 1 heterocycles. The number of hydrazone groups is 1. The van der Waals surface area contributed by atoms with Gasteiger partial charge in [-0.05, 0) is 11.1 Å². The lowest BCUT2D eigenvalue weighted by Crippen LogP contribution is -2.13. The van der Waals surface area contributed by atoms with Crippen LogP contribution in [0.3, 0.4) is 0 Å². The van der Waals surface area contributed by atoms with Crippen molar-refractivity contribution in [3.05, 3.63) is 71.8 Å². The third kappa shape index (κ3) is 2.02. The number of benzene rings is 2. The Morgan fingerprint density at radius 1 is 0.944 bits per heavy atom. The molecule has 1 atom stereocenters. The highest BCUT2D eigenvalue weighted by atomic mass is 15.5. The topological polar surface area (TPSA) is 15.6 Å². The minimum absolute atomic E-state index is 0.362. The summed E-state index contributed by atoms with van der Waals surface area (Å²) in [6.07, 6.45) is 0.977. The van der Waals surface area contributed by atoms with Crippen molar-refractivity contribution >= 4 is 5.71 Å². The summed E-state index contributed by atoms with van der Waals surface area (Å²) in [4.78, 5) is 0. The molecule has 0 amide bonds. The molecule has 0 aliphatic carbocycles. The molecule has 2 nitrogen and oxygen atoms in total. The highest BCUT2D eigenvalue weighted by Crippen LogP contribution is 2.30. The van der Waals surface area contributed by atoms with Crippen LogP contribution in [-0.4, -0.2) is 17.8 Å². The van der Waals surface area contributed by atoms with Gasteiger partial charge in [0, 0.05) is 13.5 Å². The summed E-state index contributed by atoms with van der Waals surface area (Å²) in [6.45, 7) is 0. The van der Waals surface area contributed by atoms with Crippen LogP contribution in [0, 0.1) is 0 Å². The van der Waals surface area contributed by atoms with Crippen molar-refractivity contribution in [2.24, 2.45) is 5.10 Å². The molecule has 0 bridgehead atoms. The van der Waals surface area contributed by atoms with Gasteiger partial charge in [0.2, 0.25) is 0 Å². The van der Waals surface area contributed by atoms with Crippen LogP contribution in [0.4, 0.5) is 0 Å². The lowest BCUT2D eigenvalue weighted by atomic mass is 9.99. The largest absolute Gasteiger partial charge is 0.292 e. The Balaban J connectivity index is 1.85. The second-order valence-corrected chi connectivity index (χ2v) is 4.62. The lowest BCUT2D eigenvalue weighted by Gasteiger charge is -2.18. The monoisotopic (exact) mass is 236 g/mol. The van der Waals surface area contributed by atoms with E-state index in [-0.39, 0.29) is 0 Å². The first-order valence-corrected chi connectivity index (χ1v) is 6.25. The van der Waals surface area contributed by atoms with Gasteiger partial charge in [-0.1, -0.05) is 60.7 Å². The van der Waals surface area contributed by atoms with Crippen molar-refractivity contribution in [2.75, 3.05) is 7.05 Å². The van der Waals surface area contributed by atoms with E-state index in [0.717, 1.165) is 6.42 Å². The molecule has 2 aromatic carbocycles. The van der Waals surface area contributed by atoms with Crippen LogP contribution in [0.15, 0.2) is 65.8 Å². The molecule has 90 valence electrons.